The van der Waals surface area contributed by atoms with Gasteiger partial charge >= 0.3 is 0 Å². The molecular weight excluding hydrogens is 228 g/mol. The lowest BCUT2D eigenvalue weighted by Gasteiger charge is -2.41. The largest absolute Gasteiger partial charge is 0.358 e. The number of nitrogens with one attached hydrogen (secondary N) is 1. The van der Waals surface area contributed by atoms with Gasteiger partial charge in [0.15, 0.2) is 0 Å². The third kappa shape index (κ3) is 3.67. The molecule has 2 saturated heterocycles. The second-order valence-corrected chi connectivity index (χ2v) is 5.52. The smallest absolute Gasteiger partial charge is 0.233 e. The van der Waals surface area contributed by atoms with Crippen molar-refractivity contribution in [1.82, 2.24) is 20.0 Å². The zero-order chi connectivity index (χ0) is 13.0. The van der Waals surface area contributed by atoms with E-state index in [4.69, 9.17) is 0 Å². The van der Waals surface area contributed by atoms with Crippen molar-refractivity contribution in [3.63, 3.8) is 0 Å². The molecule has 0 aromatic heterocycles. The fourth-order valence-corrected chi connectivity index (χ4v) is 2.91. The summed E-state index contributed by atoms with van der Waals surface area (Å²) in [6.45, 7) is 7.48. The van der Waals surface area contributed by atoms with E-state index in [0.717, 1.165) is 19.1 Å². The van der Waals surface area contributed by atoms with Gasteiger partial charge in [0.05, 0.1) is 6.54 Å². The van der Waals surface area contributed by atoms with Crippen LogP contribution in [0, 0.1) is 0 Å². The second kappa shape index (κ2) is 6.50. The van der Waals surface area contributed by atoms with Gasteiger partial charge in [-0.05, 0) is 19.9 Å². The van der Waals surface area contributed by atoms with Gasteiger partial charge in [-0.2, -0.15) is 0 Å². The topological polar surface area (TPSA) is 38.8 Å². The van der Waals surface area contributed by atoms with Crippen LogP contribution in [0.1, 0.15) is 12.8 Å². The summed E-state index contributed by atoms with van der Waals surface area (Å²) in [5.74, 6) is 0.132. The van der Waals surface area contributed by atoms with Crippen LogP contribution in [0.15, 0.2) is 0 Å². The highest BCUT2D eigenvalue weighted by atomic mass is 16.1. The van der Waals surface area contributed by atoms with Gasteiger partial charge in [0.2, 0.25) is 5.91 Å². The van der Waals surface area contributed by atoms with Crippen molar-refractivity contribution in [2.75, 3.05) is 59.9 Å². The quantitative estimate of drug-likeness (QED) is 0.733. The van der Waals surface area contributed by atoms with Gasteiger partial charge in [-0.1, -0.05) is 0 Å². The fraction of sp³-hybridized carbons (Fsp3) is 0.923. The number of likely N-dealkylation sites (N-methyl/N-ethyl adjacent to an activating group) is 2. The maximum absolute atomic E-state index is 11.3. The average Bonchev–Trinajstić information content (AvgIpc) is 2.40. The number of carbonyl (C=O) groups excluding carboxylic acids is 1. The fourth-order valence-electron chi connectivity index (χ4n) is 2.91. The molecule has 0 bridgehead atoms. The highest BCUT2D eigenvalue weighted by molar-refractivity contribution is 5.77. The van der Waals surface area contributed by atoms with Crippen LogP contribution >= 0.6 is 0 Å². The van der Waals surface area contributed by atoms with E-state index in [9.17, 15) is 4.79 Å². The van der Waals surface area contributed by atoms with Crippen molar-refractivity contribution in [3.05, 3.63) is 0 Å². The molecule has 2 heterocycles. The molecule has 2 rings (SSSR count). The molecule has 5 nitrogen and oxygen atoms in total. The number of amides is 1. The number of nitrogens with zero attached hydrogens (tertiary/aromatic N) is 3. The van der Waals surface area contributed by atoms with Crippen LogP contribution in [0.5, 0.6) is 0 Å². The van der Waals surface area contributed by atoms with Crippen LogP contribution in [0.3, 0.4) is 0 Å². The molecule has 5 heteroatoms. The Morgan fingerprint density at radius 3 is 2.28 bits per heavy atom. The summed E-state index contributed by atoms with van der Waals surface area (Å²) in [5, 5.41) is 2.70. The summed E-state index contributed by atoms with van der Waals surface area (Å²) in [6, 6.07) is 0.736. The molecule has 2 fully saturated rings. The first-order valence-electron chi connectivity index (χ1n) is 7.04. The van der Waals surface area contributed by atoms with Crippen LogP contribution in [-0.2, 0) is 4.79 Å². The minimum atomic E-state index is 0.132. The van der Waals surface area contributed by atoms with Crippen LogP contribution in [0.25, 0.3) is 0 Å². The molecule has 2 aliphatic rings. The zero-order valence-corrected chi connectivity index (χ0v) is 11.7. The first-order valence-corrected chi connectivity index (χ1v) is 7.04. The number of piperidine rings is 1. The SMILES string of the molecule is CNC(=O)CN1CCC(N2CCN(C)CC2)CC1. The summed E-state index contributed by atoms with van der Waals surface area (Å²) in [5.41, 5.74) is 0. The lowest BCUT2D eigenvalue weighted by Crippen LogP contribution is -2.53. The third-order valence-electron chi connectivity index (χ3n) is 4.26. The molecule has 0 saturated carbocycles. The number of hydrogen-bond acceptors (Lipinski definition) is 4. The summed E-state index contributed by atoms with van der Waals surface area (Å²) >= 11 is 0. The number of piperazine rings is 1. The van der Waals surface area contributed by atoms with Gasteiger partial charge in [-0.3, -0.25) is 14.6 Å². The normalized spacial score (nSPS) is 25.2. The molecule has 1 N–H and O–H groups in total. The Hall–Kier alpha value is -0.650. The Bertz CT molecular complexity index is 268. The third-order valence-corrected chi connectivity index (χ3v) is 4.26. The van der Waals surface area contributed by atoms with E-state index in [1.54, 1.807) is 7.05 Å². The monoisotopic (exact) mass is 254 g/mol. The predicted octanol–water partition coefficient (Wildman–Crippen LogP) is -0.556. The molecule has 0 spiro atoms. The van der Waals surface area contributed by atoms with Crippen molar-refractivity contribution in [2.45, 2.75) is 18.9 Å². The number of carbonyl (C=O) groups is 1. The van der Waals surface area contributed by atoms with Crippen molar-refractivity contribution >= 4 is 5.91 Å². The van der Waals surface area contributed by atoms with E-state index < -0.39 is 0 Å². The second-order valence-electron chi connectivity index (χ2n) is 5.52. The molecular formula is C13H26N4O. The van der Waals surface area contributed by atoms with Crippen molar-refractivity contribution in [3.8, 4) is 0 Å². The highest BCUT2D eigenvalue weighted by Gasteiger charge is 2.26. The molecule has 104 valence electrons. The summed E-state index contributed by atoms with van der Waals surface area (Å²) < 4.78 is 0. The van der Waals surface area contributed by atoms with E-state index in [2.05, 4.69) is 27.1 Å². The minimum Gasteiger partial charge on any atom is -0.358 e. The molecule has 18 heavy (non-hydrogen) atoms. The highest BCUT2D eigenvalue weighted by Crippen LogP contribution is 2.17. The standard InChI is InChI=1S/C13H26N4O/c1-14-13(18)11-16-5-3-12(4-6-16)17-9-7-15(2)8-10-17/h12H,3-11H2,1-2H3,(H,14,18). The van der Waals surface area contributed by atoms with Crippen LogP contribution in [-0.4, -0.2) is 86.6 Å². The number of hydrogen-bond donors (Lipinski definition) is 1. The van der Waals surface area contributed by atoms with E-state index in [1.165, 1.54) is 39.0 Å². The lowest BCUT2D eigenvalue weighted by atomic mass is 10.0. The van der Waals surface area contributed by atoms with Crippen molar-refractivity contribution in [2.24, 2.45) is 0 Å². The van der Waals surface area contributed by atoms with E-state index in [-0.39, 0.29) is 5.91 Å². The van der Waals surface area contributed by atoms with E-state index in [0.29, 0.717) is 6.54 Å². The first kappa shape index (κ1) is 13.8. The van der Waals surface area contributed by atoms with Crippen molar-refractivity contribution in [1.29, 1.82) is 0 Å². The maximum Gasteiger partial charge on any atom is 0.233 e. The molecule has 0 aliphatic carbocycles. The minimum absolute atomic E-state index is 0.132. The van der Waals surface area contributed by atoms with Crippen molar-refractivity contribution < 1.29 is 4.79 Å². The molecule has 0 atom stereocenters. The summed E-state index contributed by atoms with van der Waals surface area (Å²) in [7, 11) is 3.91. The molecule has 1 amide bonds. The van der Waals surface area contributed by atoms with Crippen LogP contribution in [0.4, 0.5) is 0 Å². The maximum atomic E-state index is 11.3. The average molecular weight is 254 g/mol. The summed E-state index contributed by atoms with van der Waals surface area (Å²) in [6.07, 6.45) is 2.42. The zero-order valence-electron chi connectivity index (χ0n) is 11.7. The van der Waals surface area contributed by atoms with Gasteiger partial charge in [-0.25, -0.2) is 0 Å². The van der Waals surface area contributed by atoms with Gasteiger partial charge < -0.3 is 10.2 Å². The van der Waals surface area contributed by atoms with Gasteiger partial charge in [0.25, 0.3) is 0 Å². The predicted molar refractivity (Wildman–Crippen MR) is 72.6 cm³/mol. The number of rotatable bonds is 3. The molecule has 0 aromatic rings. The Morgan fingerprint density at radius 1 is 1.11 bits per heavy atom. The Balaban J connectivity index is 1.71. The molecule has 0 radical (unpaired) electrons. The van der Waals surface area contributed by atoms with E-state index in [1.807, 2.05) is 0 Å². The summed E-state index contributed by atoms with van der Waals surface area (Å²) in [4.78, 5) is 18.6. The van der Waals surface area contributed by atoms with E-state index >= 15 is 0 Å². The van der Waals surface area contributed by atoms with Crippen LogP contribution < -0.4 is 5.32 Å². The lowest BCUT2D eigenvalue weighted by molar-refractivity contribution is -0.122. The Kier molecular flexibility index (Phi) is 4.97. The Morgan fingerprint density at radius 2 is 1.72 bits per heavy atom. The van der Waals surface area contributed by atoms with Gasteiger partial charge in [0.1, 0.15) is 0 Å². The number of likely N-dealkylation sites (tertiary alicyclic amines) is 1. The molecule has 0 unspecified atom stereocenters. The van der Waals surface area contributed by atoms with Gasteiger partial charge in [0, 0.05) is 52.4 Å². The molecule has 2 aliphatic heterocycles. The molecule has 0 aromatic carbocycles. The van der Waals surface area contributed by atoms with Crippen LogP contribution in [0.2, 0.25) is 0 Å². The Labute approximate surface area is 110 Å². The first-order chi connectivity index (χ1) is 8.69. The van der Waals surface area contributed by atoms with Gasteiger partial charge in [-0.15, -0.1) is 0 Å².